The smallest absolute Gasteiger partial charge is 0.345 e. The van der Waals surface area contributed by atoms with Crippen LogP contribution < -0.4 is 10.6 Å². The number of carboxylic acids is 1. The van der Waals surface area contributed by atoms with E-state index >= 15 is 0 Å². The highest BCUT2D eigenvalue weighted by atomic mass is 32.1. The van der Waals surface area contributed by atoms with Crippen molar-refractivity contribution in [3.8, 4) is 0 Å². The SMILES string of the molecule is O=C(O)C(=S)C1NCCN1. The molecule has 0 aliphatic carbocycles. The molecule has 56 valence electrons. The van der Waals surface area contributed by atoms with Gasteiger partial charge in [-0.25, -0.2) is 4.79 Å². The van der Waals surface area contributed by atoms with Crippen molar-refractivity contribution in [2.75, 3.05) is 13.1 Å². The number of nitrogens with one attached hydrogen (secondary N) is 2. The molecule has 1 fully saturated rings. The van der Waals surface area contributed by atoms with Crippen LogP contribution in [0, 0.1) is 0 Å². The van der Waals surface area contributed by atoms with E-state index in [4.69, 9.17) is 5.11 Å². The Kier molecular flexibility index (Phi) is 2.31. The summed E-state index contributed by atoms with van der Waals surface area (Å²) in [6.45, 7) is 1.55. The minimum atomic E-state index is -1.03. The van der Waals surface area contributed by atoms with Crippen molar-refractivity contribution in [3.05, 3.63) is 0 Å². The van der Waals surface area contributed by atoms with Gasteiger partial charge in [0.05, 0.1) is 0 Å². The van der Waals surface area contributed by atoms with E-state index in [-0.39, 0.29) is 11.0 Å². The second kappa shape index (κ2) is 3.05. The van der Waals surface area contributed by atoms with E-state index in [0.29, 0.717) is 0 Å². The van der Waals surface area contributed by atoms with Gasteiger partial charge in [-0.1, -0.05) is 12.2 Å². The molecule has 0 aromatic rings. The van der Waals surface area contributed by atoms with Crippen molar-refractivity contribution < 1.29 is 9.90 Å². The fraction of sp³-hybridized carbons (Fsp3) is 0.600. The highest BCUT2D eigenvalue weighted by Crippen LogP contribution is 1.90. The number of thiocarbonyl (C=S) groups is 1. The van der Waals surface area contributed by atoms with E-state index in [0.717, 1.165) is 13.1 Å². The summed E-state index contributed by atoms with van der Waals surface area (Å²) in [4.78, 5) is 10.3. The molecule has 0 aromatic carbocycles. The van der Waals surface area contributed by atoms with E-state index in [9.17, 15) is 4.79 Å². The molecule has 5 heteroatoms. The molecule has 1 saturated heterocycles. The quantitative estimate of drug-likeness (QED) is 0.450. The minimum absolute atomic E-state index is 0.0116. The van der Waals surface area contributed by atoms with Crippen LogP contribution >= 0.6 is 12.2 Å². The van der Waals surface area contributed by atoms with Gasteiger partial charge in [-0.15, -0.1) is 0 Å². The van der Waals surface area contributed by atoms with Gasteiger partial charge in [0.15, 0.2) is 0 Å². The van der Waals surface area contributed by atoms with E-state index < -0.39 is 5.97 Å². The molecule has 3 N–H and O–H groups in total. The first-order valence-electron chi connectivity index (χ1n) is 2.95. The van der Waals surface area contributed by atoms with Gasteiger partial charge < -0.3 is 5.11 Å². The summed E-state index contributed by atoms with van der Waals surface area (Å²) in [6.07, 6.45) is -0.313. The Morgan fingerprint density at radius 3 is 2.40 bits per heavy atom. The topological polar surface area (TPSA) is 61.4 Å². The molecular formula is C5H8N2O2S. The van der Waals surface area contributed by atoms with E-state index in [1.54, 1.807) is 0 Å². The highest BCUT2D eigenvalue weighted by molar-refractivity contribution is 7.82. The lowest BCUT2D eigenvalue weighted by molar-refractivity contribution is -0.129. The maximum Gasteiger partial charge on any atom is 0.345 e. The molecule has 4 nitrogen and oxygen atoms in total. The zero-order valence-electron chi connectivity index (χ0n) is 5.26. The zero-order valence-corrected chi connectivity index (χ0v) is 6.07. The van der Waals surface area contributed by atoms with Crippen LogP contribution in [0.5, 0.6) is 0 Å². The molecule has 0 amide bonds. The summed E-state index contributed by atoms with van der Waals surface area (Å²) < 4.78 is 0. The second-order valence-corrected chi connectivity index (χ2v) is 2.45. The van der Waals surface area contributed by atoms with Crippen molar-refractivity contribution in [1.82, 2.24) is 10.6 Å². The molecule has 1 heterocycles. The van der Waals surface area contributed by atoms with Crippen molar-refractivity contribution in [1.29, 1.82) is 0 Å². The number of rotatable bonds is 2. The average Bonchev–Trinajstić information content (AvgIpc) is 2.36. The molecule has 1 aliphatic rings. The van der Waals surface area contributed by atoms with Gasteiger partial charge in [-0.3, -0.25) is 10.6 Å². The average molecular weight is 160 g/mol. The van der Waals surface area contributed by atoms with Gasteiger partial charge in [0.1, 0.15) is 11.0 Å². The van der Waals surface area contributed by atoms with Gasteiger partial charge in [0.2, 0.25) is 0 Å². The number of carboxylic acid groups (broad SMARTS) is 1. The first-order valence-corrected chi connectivity index (χ1v) is 3.36. The fourth-order valence-electron chi connectivity index (χ4n) is 0.814. The Morgan fingerprint density at radius 1 is 1.50 bits per heavy atom. The Morgan fingerprint density at radius 2 is 2.00 bits per heavy atom. The van der Waals surface area contributed by atoms with Crippen LogP contribution in [-0.4, -0.2) is 35.2 Å². The van der Waals surface area contributed by atoms with Crippen LogP contribution in [0.1, 0.15) is 0 Å². The summed E-state index contributed by atoms with van der Waals surface area (Å²) in [5.74, 6) is -1.03. The third-order valence-electron chi connectivity index (χ3n) is 1.29. The molecule has 0 aromatic heterocycles. The normalized spacial score (nSPS) is 19.2. The maximum atomic E-state index is 10.3. The van der Waals surface area contributed by atoms with Gasteiger partial charge in [-0.05, 0) is 0 Å². The summed E-state index contributed by atoms with van der Waals surface area (Å²) >= 11 is 4.61. The number of aliphatic carboxylic acids is 1. The Bertz CT molecular complexity index is 165. The fourth-order valence-corrected chi connectivity index (χ4v) is 0.981. The third kappa shape index (κ3) is 1.50. The standard InChI is InChI=1S/C5H8N2O2S/c8-5(9)3(10)4-6-1-2-7-4/h4,6-7H,1-2H2,(H,8,9). The van der Waals surface area contributed by atoms with Gasteiger partial charge >= 0.3 is 5.97 Å². The van der Waals surface area contributed by atoms with Crippen molar-refractivity contribution >= 4 is 23.1 Å². The minimum Gasteiger partial charge on any atom is -0.477 e. The third-order valence-corrected chi connectivity index (χ3v) is 1.71. The van der Waals surface area contributed by atoms with Crippen molar-refractivity contribution in [2.45, 2.75) is 6.17 Å². The van der Waals surface area contributed by atoms with E-state index in [1.165, 1.54) is 0 Å². The number of hydrogen-bond donors (Lipinski definition) is 3. The molecule has 1 rings (SSSR count). The van der Waals surface area contributed by atoms with Crippen LogP contribution in [-0.2, 0) is 4.79 Å². The Hall–Kier alpha value is -0.520. The van der Waals surface area contributed by atoms with Crippen LogP contribution in [0.2, 0.25) is 0 Å². The van der Waals surface area contributed by atoms with Crippen molar-refractivity contribution in [3.63, 3.8) is 0 Å². The van der Waals surface area contributed by atoms with E-state index in [2.05, 4.69) is 22.9 Å². The van der Waals surface area contributed by atoms with Crippen LogP contribution in [0.15, 0.2) is 0 Å². The largest absolute Gasteiger partial charge is 0.477 e. The lowest BCUT2D eigenvalue weighted by Crippen LogP contribution is -2.42. The Balaban J connectivity index is 2.48. The molecule has 1 aliphatic heterocycles. The molecule has 0 spiro atoms. The van der Waals surface area contributed by atoms with Gasteiger partial charge in [0.25, 0.3) is 0 Å². The summed E-state index contributed by atoms with van der Waals surface area (Å²) in [5, 5.41) is 14.2. The van der Waals surface area contributed by atoms with Crippen LogP contribution in [0.3, 0.4) is 0 Å². The summed E-state index contributed by atoms with van der Waals surface area (Å²) in [7, 11) is 0. The molecule has 0 atom stereocenters. The van der Waals surface area contributed by atoms with Crippen LogP contribution in [0.4, 0.5) is 0 Å². The molecular weight excluding hydrogens is 152 g/mol. The monoisotopic (exact) mass is 160 g/mol. The molecule has 0 saturated carbocycles. The Labute approximate surface area is 63.6 Å². The van der Waals surface area contributed by atoms with Gasteiger partial charge in [0, 0.05) is 13.1 Å². The zero-order chi connectivity index (χ0) is 7.56. The van der Waals surface area contributed by atoms with E-state index in [1.807, 2.05) is 0 Å². The summed E-state index contributed by atoms with van der Waals surface area (Å²) in [6, 6.07) is 0. The first kappa shape index (κ1) is 7.59. The molecule has 0 unspecified atom stereocenters. The molecule has 10 heavy (non-hydrogen) atoms. The summed E-state index contributed by atoms with van der Waals surface area (Å²) in [5.41, 5.74) is 0. The molecule has 0 bridgehead atoms. The molecule has 0 radical (unpaired) electrons. The maximum absolute atomic E-state index is 10.3. The lowest BCUT2D eigenvalue weighted by atomic mass is 10.3. The lowest BCUT2D eigenvalue weighted by Gasteiger charge is -2.06. The van der Waals surface area contributed by atoms with Gasteiger partial charge in [-0.2, -0.15) is 0 Å². The first-order chi connectivity index (χ1) is 4.72. The number of carbonyl (C=O) groups is 1. The highest BCUT2D eigenvalue weighted by Gasteiger charge is 2.22. The van der Waals surface area contributed by atoms with Crippen LogP contribution in [0.25, 0.3) is 0 Å². The number of hydrogen-bond acceptors (Lipinski definition) is 4. The predicted molar refractivity (Wildman–Crippen MR) is 40.0 cm³/mol. The second-order valence-electron chi connectivity index (χ2n) is 2.01. The predicted octanol–water partition coefficient (Wildman–Crippen LogP) is -1.04. The van der Waals surface area contributed by atoms with Crippen molar-refractivity contribution in [2.24, 2.45) is 0 Å².